The van der Waals surface area contributed by atoms with Crippen LogP contribution in [0.5, 0.6) is 5.75 Å². The van der Waals surface area contributed by atoms with E-state index in [9.17, 15) is 0 Å². The van der Waals surface area contributed by atoms with E-state index >= 15 is 0 Å². The molecule has 0 aliphatic carbocycles. The monoisotopic (exact) mass is 398 g/mol. The van der Waals surface area contributed by atoms with E-state index in [0.29, 0.717) is 18.3 Å². The first-order valence-electron chi connectivity index (χ1n) is 10.1. The summed E-state index contributed by atoms with van der Waals surface area (Å²) in [6.07, 6.45) is 3.48. The fraction of sp³-hybridized carbons (Fsp3) is 0.208. The molecule has 0 unspecified atom stereocenters. The quantitative estimate of drug-likeness (QED) is 0.462. The Kier molecular flexibility index (Phi) is 5.23. The molecular formula is C24H22N4O2. The molecule has 2 aromatic heterocycles. The van der Waals surface area contributed by atoms with Crippen molar-refractivity contribution in [3.8, 4) is 17.1 Å². The first kappa shape index (κ1) is 18.5. The van der Waals surface area contributed by atoms with Crippen molar-refractivity contribution in [3.05, 3.63) is 96.1 Å². The van der Waals surface area contributed by atoms with Crippen LogP contribution in [0.2, 0.25) is 0 Å². The van der Waals surface area contributed by atoms with Gasteiger partial charge in [-0.15, -0.1) is 0 Å². The Balaban J connectivity index is 1.11. The highest BCUT2D eigenvalue weighted by Gasteiger charge is 2.32. The third kappa shape index (κ3) is 4.23. The molecule has 6 nitrogen and oxygen atoms in total. The Morgan fingerprint density at radius 3 is 2.53 bits per heavy atom. The first-order valence-corrected chi connectivity index (χ1v) is 10.1. The van der Waals surface area contributed by atoms with Crippen molar-refractivity contribution in [2.24, 2.45) is 0 Å². The smallest absolute Gasteiger partial charge is 0.232 e. The summed E-state index contributed by atoms with van der Waals surface area (Å²) in [4.78, 5) is 11.0. The molecule has 0 atom stereocenters. The number of ether oxygens (including phenoxy) is 1. The van der Waals surface area contributed by atoms with Crippen molar-refractivity contribution in [1.29, 1.82) is 0 Å². The molecule has 0 spiro atoms. The van der Waals surface area contributed by atoms with E-state index in [-0.39, 0.29) is 5.92 Å². The lowest BCUT2D eigenvalue weighted by Crippen LogP contribution is -2.44. The van der Waals surface area contributed by atoms with E-state index in [1.165, 1.54) is 11.1 Å². The number of nitrogens with zero attached hydrogens (tertiary/aromatic N) is 4. The average Bonchev–Trinajstić information content (AvgIpc) is 3.26. The van der Waals surface area contributed by atoms with E-state index < -0.39 is 0 Å². The number of pyridine rings is 1. The molecule has 1 aliphatic rings. The maximum absolute atomic E-state index is 5.86. The van der Waals surface area contributed by atoms with Gasteiger partial charge in [-0.1, -0.05) is 47.6 Å². The van der Waals surface area contributed by atoms with E-state index in [0.717, 1.165) is 30.9 Å². The minimum atomic E-state index is 0.288. The fourth-order valence-corrected chi connectivity index (χ4v) is 3.56. The Hall–Kier alpha value is -3.51. The molecule has 0 radical (unpaired) electrons. The molecule has 6 heteroatoms. The van der Waals surface area contributed by atoms with Crippen LogP contribution in [-0.4, -0.2) is 33.1 Å². The molecule has 0 N–H and O–H groups in total. The summed E-state index contributed by atoms with van der Waals surface area (Å²) in [5, 5.41) is 4.09. The van der Waals surface area contributed by atoms with Crippen molar-refractivity contribution < 1.29 is 9.26 Å². The van der Waals surface area contributed by atoms with Gasteiger partial charge in [0.15, 0.2) is 0 Å². The highest BCUT2D eigenvalue weighted by molar-refractivity contribution is 5.52. The maximum atomic E-state index is 5.86. The second-order valence-electron chi connectivity index (χ2n) is 7.51. The molecule has 2 aromatic carbocycles. The molecule has 30 heavy (non-hydrogen) atoms. The number of hydrogen-bond acceptors (Lipinski definition) is 6. The van der Waals surface area contributed by atoms with Gasteiger partial charge < -0.3 is 9.26 Å². The number of aromatic nitrogens is 3. The number of rotatable bonds is 7. The lowest BCUT2D eigenvalue weighted by molar-refractivity contribution is 0.117. The van der Waals surface area contributed by atoms with Crippen molar-refractivity contribution in [3.63, 3.8) is 0 Å². The second kappa shape index (κ2) is 8.47. The van der Waals surface area contributed by atoms with Crippen LogP contribution in [-0.2, 0) is 13.2 Å². The second-order valence-corrected chi connectivity index (χ2v) is 7.51. The summed E-state index contributed by atoms with van der Waals surface area (Å²) in [6, 6.07) is 22.3. The third-order valence-corrected chi connectivity index (χ3v) is 5.25. The van der Waals surface area contributed by atoms with Crippen LogP contribution < -0.4 is 4.74 Å². The zero-order valence-electron chi connectivity index (χ0n) is 16.5. The molecular weight excluding hydrogens is 376 g/mol. The molecule has 1 saturated heterocycles. The van der Waals surface area contributed by atoms with Gasteiger partial charge in [0.2, 0.25) is 11.7 Å². The summed E-state index contributed by atoms with van der Waals surface area (Å²) in [6.45, 7) is 3.32. The Morgan fingerprint density at radius 2 is 1.77 bits per heavy atom. The topological polar surface area (TPSA) is 64.3 Å². The minimum absolute atomic E-state index is 0.288. The number of likely N-dealkylation sites (tertiary alicyclic amines) is 1. The van der Waals surface area contributed by atoms with Crippen LogP contribution in [0.4, 0.5) is 0 Å². The molecule has 1 aliphatic heterocycles. The van der Waals surface area contributed by atoms with E-state index in [1.807, 2.05) is 42.5 Å². The predicted molar refractivity (Wildman–Crippen MR) is 113 cm³/mol. The van der Waals surface area contributed by atoms with Gasteiger partial charge in [0, 0.05) is 37.6 Å². The van der Waals surface area contributed by atoms with Crippen molar-refractivity contribution in [2.75, 3.05) is 13.1 Å². The molecule has 150 valence electrons. The van der Waals surface area contributed by atoms with Gasteiger partial charge in [0.1, 0.15) is 12.4 Å². The van der Waals surface area contributed by atoms with Gasteiger partial charge in [-0.25, -0.2) is 0 Å². The zero-order chi connectivity index (χ0) is 20.2. The standard InChI is InChI=1S/C24H22N4O2/c1-2-5-19(6-3-1)17-29-22-10-8-18(9-11-22)14-28-15-21(16-28)24-26-23(27-30-24)20-7-4-12-25-13-20/h1-13,21H,14-17H2. The minimum Gasteiger partial charge on any atom is -0.489 e. The van der Waals surface area contributed by atoms with E-state index in [2.05, 4.69) is 44.3 Å². The molecule has 5 rings (SSSR count). The molecule has 0 amide bonds. The summed E-state index contributed by atoms with van der Waals surface area (Å²) in [5.41, 5.74) is 3.31. The van der Waals surface area contributed by atoms with Crippen LogP contribution >= 0.6 is 0 Å². The highest BCUT2D eigenvalue weighted by atomic mass is 16.5. The molecule has 0 bridgehead atoms. The Labute approximate surface area is 175 Å². The van der Waals surface area contributed by atoms with Crippen molar-refractivity contribution in [2.45, 2.75) is 19.1 Å². The lowest BCUT2D eigenvalue weighted by Gasteiger charge is -2.37. The van der Waals surface area contributed by atoms with Gasteiger partial charge in [-0.2, -0.15) is 4.98 Å². The number of hydrogen-bond donors (Lipinski definition) is 0. The summed E-state index contributed by atoms with van der Waals surface area (Å²) in [5.74, 6) is 2.48. The lowest BCUT2D eigenvalue weighted by atomic mass is 9.99. The van der Waals surface area contributed by atoms with Crippen LogP contribution in [0.3, 0.4) is 0 Å². The normalized spacial score (nSPS) is 14.4. The van der Waals surface area contributed by atoms with Crippen molar-refractivity contribution in [1.82, 2.24) is 20.0 Å². The van der Waals surface area contributed by atoms with Crippen LogP contribution in [0.1, 0.15) is 22.9 Å². The van der Waals surface area contributed by atoms with Gasteiger partial charge in [-0.05, 0) is 35.4 Å². The Bertz CT molecular complexity index is 1080. The maximum Gasteiger partial charge on any atom is 0.232 e. The van der Waals surface area contributed by atoms with Gasteiger partial charge in [-0.3, -0.25) is 9.88 Å². The number of benzene rings is 2. The van der Waals surface area contributed by atoms with Gasteiger partial charge >= 0.3 is 0 Å². The third-order valence-electron chi connectivity index (χ3n) is 5.25. The van der Waals surface area contributed by atoms with E-state index in [1.54, 1.807) is 12.4 Å². The molecule has 3 heterocycles. The van der Waals surface area contributed by atoms with Gasteiger partial charge in [0.25, 0.3) is 0 Å². The fourth-order valence-electron chi connectivity index (χ4n) is 3.56. The van der Waals surface area contributed by atoms with Crippen molar-refractivity contribution >= 4 is 0 Å². The van der Waals surface area contributed by atoms with Crippen LogP contribution in [0, 0.1) is 0 Å². The summed E-state index contributed by atoms with van der Waals surface area (Å²) < 4.78 is 11.3. The van der Waals surface area contributed by atoms with Gasteiger partial charge in [0.05, 0.1) is 5.92 Å². The highest BCUT2D eigenvalue weighted by Crippen LogP contribution is 2.29. The first-order chi connectivity index (χ1) is 14.8. The van der Waals surface area contributed by atoms with Crippen LogP contribution in [0.25, 0.3) is 11.4 Å². The van der Waals surface area contributed by atoms with Crippen LogP contribution in [0.15, 0.2) is 83.6 Å². The molecule has 4 aromatic rings. The molecule has 0 saturated carbocycles. The largest absolute Gasteiger partial charge is 0.489 e. The summed E-state index contributed by atoms with van der Waals surface area (Å²) >= 11 is 0. The predicted octanol–water partition coefficient (Wildman–Crippen LogP) is 4.31. The average molecular weight is 398 g/mol. The molecule has 1 fully saturated rings. The van der Waals surface area contributed by atoms with E-state index in [4.69, 9.17) is 9.26 Å². The SMILES string of the molecule is c1ccc(COc2ccc(CN3CC(c4nc(-c5cccnc5)no4)C3)cc2)cc1. The zero-order valence-corrected chi connectivity index (χ0v) is 16.5. The summed E-state index contributed by atoms with van der Waals surface area (Å²) in [7, 11) is 0. The Morgan fingerprint density at radius 1 is 0.933 bits per heavy atom.